The number of aryl methyl sites for hydroxylation is 2. The Hall–Kier alpha value is -4.07. The summed E-state index contributed by atoms with van der Waals surface area (Å²) in [7, 11) is 0. The number of benzene rings is 2. The second-order valence-corrected chi connectivity index (χ2v) is 14.1. The SMILES string of the molecule is CCC1=C2[C@@H](CC/C(=C/c3cc(C)c(O)c(C)c3)c3ccccn3)OC[C@@H]2[C@@H]2C(=O)N(C3CCN(Cc4ccccc4)CC3)C(=O)[C@@H]2C1. The molecule has 7 nitrogen and oxygen atoms in total. The monoisotopic (exact) mass is 645 g/mol. The van der Waals surface area contributed by atoms with Crippen molar-refractivity contribution in [3.8, 4) is 5.75 Å². The molecule has 0 radical (unpaired) electrons. The number of allylic oxidation sites excluding steroid dienone is 2. The van der Waals surface area contributed by atoms with Gasteiger partial charge in [-0.25, -0.2) is 0 Å². The van der Waals surface area contributed by atoms with Crippen LogP contribution in [0.4, 0.5) is 0 Å². The molecule has 2 amide bonds. The number of fused-ring (bicyclic) bond motifs is 3. The number of piperidine rings is 1. The fourth-order valence-corrected chi connectivity index (χ4v) is 8.76. The number of nitrogens with zero attached hydrogens (tertiary/aromatic N) is 3. The number of phenolic OH excluding ortho intramolecular Hbond substituents is 1. The number of phenols is 1. The van der Waals surface area contributed by atoms with Crippen molar-refractivity contribution in [1.29, 1.82) is 0 Å². The number of hydrogen-bond donors (Lipinski definition) is 1. The first-order valence-electron chi connectivity index (χ1n) is 17.7. The van der Waals surface area contributed by atoms with Crippen LogP contribution >= 0.6 is 0 Å². The van der Waals surface area contributed by atoms with Gasteiger partial charge in [-0.3, -0.25) is 24.4 Å². The number of imide groups is 1. The van der Waals surface area contributed by atoms with Crippen molar-refractivity contribution in [3.05, 3.63) is 106 Å². The van der Waals surface area contributed by atoms with Crippen LogP contribution in [0, 0.1) is 31.6 Å². The molecule has 1 aliphatic carbocycles. The molecule has 4 heterocycles. The summed E-state index contributed by atoms with van der Waals surface area (Å²) in [6.45, 7) is 9.19. The van der Waals surface area contributed by atoms with Crippen LogP contribution < -0.4 is 0 Å². The van der Waals surface area contributed by atoms with Gasteiger partial charge < -0.3 is 9.84 Å². The predicted molar refractivity (Wildman–Crippen MR) is 188 cm³/mol. The van der Waals surface area contributed by atoms with Gasteiger partial charge in [0, 0.05) is 37.8 Å². The Morgan fingerprint density at radius 3 is 2.40 bits per heavy atom. The van der Waals surface area contributed by atoms with Crippen LogP contribution in [-0.4, -0.2) is 63.5 Å². The topological polar surface area (TPSA) is 83.0 Å². The highest BCUT2D eigenvalue weighted by molar-refractivity contribution is 6.06. The highest BCUT2D eigenvalue weighted by Crippen LogP contribution is 2.51. The summed E-state index contributed by atoms with van der Waals surface area (Å²) < 4.78 is 6.54. The van der Waals surface area contributed by atoms with E-state index in [0.29, 0.717) is 18.8 Å². The van der Waals surface area contributed by atoms with Gasteiger partial charge in [0.25, 0.3) is 0 Å². The lowest BCUT2D eigenvalue weighted by molar-refractivity contribution is -0.144. The molecule has 7 heteroatoms. The van der Waals surface area contributed by atoms with Gasteiger partial charge in [-0.2, -0.15) is 0 Å². The predicted octanol–water partition coefficient (Wildman–Crippen LogP) is 7.12. The summed E-state index contributed by atoms with van der Waals surface area (Å²) in [6, 6.07) is 20.5. The molecular formula is C41H47N3O4. The summed E-state index contributed by atoms with van der Waals surface area (Å²) >= 11 is 0. The molecule has 4 atom stereocenters. The smallest absolute Gasteiger partial charge is 0.234 e. The molecule has 48 heavy (non-hydrogen) atoms. The van der Waals surface area contributed by atoms with Crippen LogP contribution in [0.3, 0.4) is 0 Å². The second kappa shape index (κ2) is 13.8. The Kier molecular flexibility index (Phi) is 9.34. The lowest BCUT2D eigenvalue weighted by Crippen LogP contribution is -2.47. The average Bonchev–Trinajstić information content (AvgIpc) is 3.64. The quantitative estimate of drug-likeness (QED) is 0.197. The highest BCUT2D eigenvalue weighted by atomic mass is 16.5. The van der Waals surface area contributed by atoms with E-state index in [1.807, 2.05) is 56.4 Å². The summed E-state index contributed by atoms with van der Waals surface area (Å²) in [5.74, 6) is -0.216. The summed E-state index contributed by atoms with van der Waals surface area (Å²) in [5.41, 5.74) is 8.63. The van der Waals surface area contributed by atoms with Crippen molar-refractivity contribution in [3.63, 3.8) is 0 Å². The van der Waals surface area contributed by atoms with Gasteiger partial charge in [-0.05, 0) is 116 Å². The van der Waals surface area contributed by atoms with E-state index in [2.05, 4.69) is 47.1 Å². The Morgan fingerprint density at radius 1 is 0.979 bits per heavy atom. The molecule has 3 aromatic rings. The van der Waals surface area contributed by atoms with Crippen molar-refractivity contribution in [1.82, 2.24) is 14.8 Å². The molecule has 0 saturated carbocycles. The number of likely N-dealkylation sites (tertiary alicyclic amines) is 2. The lowest BCUT2D eigenvalue weighted by atomic mass is 9.69. The second-order valence-electron chi connectivity index (χ2n) is 14.1. The molecule has 7 rings (SSSR count). The Morgan fingerprint density at radius 2 is 1.71 bits per heavy atom. The molecule has 3 fully saturated rings. The summed E-state index contributed by atoms with van der Waals surface area (Å²) in [6.07, 6.45) is 8.62. The van der Waals surface area contributed by atoms with Crippen molar-refractivity contribution in [2.75, 3.05) is 19.7 Å². The number of hydrogen-bond acceptors (Lipinski definition) is 6. The van der Waals surface area contributed by atoms with E-state index in [1.165, 1.54) is 16.7 Å². The van der Waals surface area contributed by atoms with Crippen molar-refractivity contribution in [2.24, 2.45) is 17.8 Å². The zero-order valence-electron chi connectivity index (χ0n) is 28.4. The minimum atomic E-state index is -0.316. The fourth-order valence-electron chi connectivity index (χ4n) is 8.76. The maximum absolute atomic E-state index is 14.2. The molecule has 250 valence electrons. The Balaban J connectivity index is 1.07. The molecule has 3 aliphatic heterocycles. The average molecular weight is 646 g/mol. The number of rotatable bonds is 9. The number of carbonyl (C=O) groups excluding carboxylic acids is 2. The Labute approximate surface area is 284 Å². The van der Waals surface area contributed by atoms with Crippen molar-refractivity contribution < 1.29 is 19.4 Å². The summed E-state index contributed by atoms with van der Waals surface area (Å²) in [4.78, 5) is 36.9. The van der Waals surface area contributed by atoms with Gasteiger partial charge in [0.1, 0.15) is 5.75 Å². The number of aromatic hydroxyl groups is 1. The zero-order chi connectivity index (χ0) is 33.4. The van der Waals surface area contributed by atoms with E-state index in [4.69, 9.17) is 4.74 Å². The first-order valence-corrected chi connectivity index (χ1v) is 17.7. The third-order valence-electron chi connectivity index (χ3n) is 11.2. The number of ether oxygens (including phenoxy) is 1. The van der Waals surface area contributed by atoms with E-state index < -0.39 is 0 Å². The molecule has 0 bridgehead atoms. The van der Waals surface area contributed by atoms with Crippen molar-refractivity contribution in [2.45, 2.75) is 78.0 Å². The van der Waals surface area contributed by atoms with Crippen LogP contribution in [0.2, 0.25) is 0 Å². The fraction of sp³-hybridized carbons (Fsp3) is 0.439. The third kappa shape index (κ3) is 6.26. The van der Waals surface area contributed by atoms with E-state index >= 15 is 0 Å². The lowest BCUT2D eigenvalue weighted by Gasteiger charge is -2.36. The van der Waals surface area contributed by atoms with Crippen LogP contribution in [0.5, 0.6) is 5.75 Å². The van der Waals surface area contributed by atoms with Gasteiger partial charge in [0.15, 0.2) is 0 Å². The standard InChI is InChI=1S/C41H47N3O4/c1-4-30-23-33-38(41(47)44(40(33)46)32-15-18-43(19-16-32)24-28-10-6-5-7-11-28)34-25-48-36(37(30)34)14-13-31(35-12-8-9-17-42-35)22-29-20-26(2)39(45)27(3)21-29/h5-12,17,20-22,32-34,36,38,45H,4,13-16,18-19,23-25H2,1-3H3/b31-22-/t33-,34+,36-,38-/m1/s1. The van der Waals surface area contributed by atoms with E-state index in [1.54, 1.807) is 4.90 Å². The zero-order valence-corrected chi connectivity index (χ0v) is 28.4. The molecule has 0 unspecified atom stereocenters. The van der Waals surface area contributed by atoms with E-state index in [9.17, 15) is 14.7 Å². The number of carbonyl (C=O) groups is 2. The number of amides is 2. The van der Waals surface area contributed by atoms with Crippen LogP contribution in [0.1, 0.15) is 73.4 Å². The maximum Gasteiger partial charge on any atom is 0.234 e. The number of aromatic nitrogens is 1. The molecular weight excluding hydrogens is 598 g/mol. The van der Waals surface area contributed by atoms with Gasteiger partial charge in [-0.15, -0.1) is 0 Å². The first kappa shape index (κ1) is 32.5. The normalized spacial score (nSPS) is 25.1. The van der Waals surface area contributed by atoms with Gasteiger partial charge in [0.2, 0.25) is 11.8 Å². The molecule has 3 saturated heterocycles. The molecule has 0 spiro atoms. The van der Waals surface area contributed by atoms with Gasteiger partial charge in [0.05, 0.1) is 30.2 Å². The van der Waals surface area contributed by atoms with Crippen molar-refractivity contribution >= 4 is 23.5 Å². The van der Waals surface area contributed by atoms with Crippen LogP contribution in [-0.2, 0) is 20.9 Å². The first-order chi connectivity index (χ1) is 23.3. The van der Waals surface area contributed by atoms with Gasteiger partial charge >= 0.3 is 0 Å². The maximum atomic E-state index is 14.2. The highest BCUT2D eigenvalue weighted by Gasteiger charge is 2.58. The minimum absolute atomic E-state index is 0.0208. The van der Waals surface area contributed by atoms with E-state index in [-0.39, 0.29) is 41.7 Å². The third-order valence-corrected chi connectivity index (χ3v) is 11.2. The minimum Gasteiger partial charge on any atom is -0.507 e. The largest absolute Gasteiger partial charge is 0.507 e. The number of pyridine rings is 1. The molecule has 4 aliphatic rings. The van der Waals surface area contributed by atoms with Crippen LogP contribution in [0.15, 0.2) is 78.0 Å². The molecule has 1 N–H and O–H groups in total. The molecule has 1 aromatic heterocycles. The Bertz CT molecular complexity index is 1700. The van der Waals surface area contributed by atoms with E-state index in [0.717, 1.165) is 79.7 Å². The van der Waals surface area contributed by atoms with Gasteiger partial charge in [-0.1, -0.05) is 48.9 Å². The van der Waals surface area contributed by atoms with Crippen LogP contribution in [0.25, 0.3) is 11.6 Å². The molecule has 2 aromatic carbocycles. The summed E-state index contributed by atoms with van der Waals surface area (Å²) in [5, 5.41) is 10.3.